The van der Waals surface area contributed by atoms with E-state index in [1.54, 1.807) is 0 Å². The predicted molar refractivity (Wildman–Crippen MR) is 67.9 cm³/mol. The molecule has 3 rings (SSSR count). The molecule has 1 saturated heterocycles. The Bertz CT molecular complexity index is 528. The number of hydrogen-bond acceptors (Lipinski definition) is 5. The van der Waals surface area contributed by atoms with E-state index in [0.717, 1.165) is 18.7 Å². The van der Waals surface area contributed by atoms with Gasteiger partial charge in [0, 0.05) is 24.6 Å². The maximum atomic E-state index is 5.44. The molecule has 1 aromatic heterocycles. The molecular weight excluding hydrogens is 228 g/mol. The van der Waals surface area contributed by atoms with Gasteiger partial charge in [-0.3, -0.25) is 0 Å². The van der Waals surface area contributed by atoms with E-state index in [-0.39, 0.29) is 6.54 Å². The molecule has 0 unspecified atom stereocenters. The summed E-state index contributed by atoms with van der Waals surface area (Å²) in [5.74, 6) is 1.73. The van der Waals surface area contributed by atoms with Crippen LogP contribution in [0.5, 0.6) is 0 Å². The lowest BCUT2D eigenvalue weighted by Gasteiger charge is -2.36. The number of aromatic nitrogens is 2. The van der Waals surface area contributed by atoms with Crippen molar-refractivity contribution in [1.82, 2.24) is 15.0 Å². The molecule has 94 valence electrons. The second-order valence-electron chi connectivity index (χ2n) is 4.76. The maximum absolute atomic E-state index is 5.44. The molecule has 5 nitrogen and oxygen atoms in total. The van der Waals surface area contributed by atoms with E-state index < -0.39 is 0 Å². The number of rotatable bonds is 3. The molecule has 1 aromatic carbocycles. The van der Waals surface area contributed by atoms with E-state index in [0.29, 0.717) is 17.6 Å². The van der Waals surface area contributed by atoms with E-state index in [4.69, 9.17) is 10.3 Å². The molecule has 0 amide bonds. The lowest BCUT2D eigenvalue weighted by molar-refractivity contribution is 0.190. The first-order valence-electron chi connectivity index (χ1n) is 6.08. The van der Waals surface area contributed by atoms with Crippen molar-refractivity contribution in [3.63, 3.8) is 0 Å². The van der Waals surface area contributed by atoms with Gasteiger partial charge in [0.15, 0.2) is 0 Å². The number of nitrogens with zero attached hydrogens (tertiary/aromatic N) is 3. The van der Waals surface area contributed by atoms with Crippen LogP contribution in [-0.2, 0) is 6.54 Å². The molecule has 18 heavy (non-hydrogen) atoms. The molecular formula is C13H16N4O. The molecule has 0 spiro atoms. The van der Waals surface area contributed by atoms with Gasteiger partial charge in [-0.25, -0.2) is 0 Å². The van der Waals surface area contributed by atoms with Gasteiger partial charge < -0.3 is 15.2 Å². The van der Waals surface area contributed by atoms with Crippen molar-refractivity contribution in [1.29, 1.82) is 0 Å². The molecule has 0 radical (unpaired) electrons. The van der Waals surface area contributed by atoms with Crippen molar-refractivity contribution >= 4 is 0 Å². The Labute approximate surface area is 106 Å². The van der Waals surface area contributed by atoms with Crippen LogP contribution in [0.4, 0.5) is 0 Å². The van der Waals surface area contributed by atoms with E-state index >= 15 is 0 Å². The van der Waals surface area contributed by atoms with Crippen LogP contribution < -0.4 is 5.73 Å². The smallest absolute Gasteiger partial charge is 0.240 e. The number of likely N-dealkylation sites (N-methyl/N-ethyl adjacent to an activating group) is 1. The lowest BCUT2D eigenvalue weighted by atomic mass is 9.91. The minimum Gasteiger partial charge on any atom is -0.338 e. The Morgan fingerprint density at radius 2 is 2.06 bits per heavy atom. The minimum atomic E-state index is 0.277. The first kappa shape index (κ1) is 11.4. The quantitative estimate of drug-likeness (QED) is 0.879. The highest BCUT2D eigenvalue weighted by molar-refractivity contribution is 5.55. The van der Waals surface area contributed by atoms with Gasteiger partial charge >= 0.3 is 0 Å². The van der Waals surface area contributed by atoms with E-state index in [2.05, 4.69) is 34.2 Å². The Balaban J connectivity index is 1.78. The van der Waals surface area contributed by atoms with Gasteiger partial charge in [-0.15, -0.1) is 0 Å². The number of benzene rings is 1. The van der Waals surface area contributed by atoms with Crippen molar-refractivity contribution < 1.29 is 4.52 Å². The van der Waals surface area contributed by atoms with Gasteiger partial charge in [-0.1, -0.05) is 29.4 Å². The van der Waals surface area contributed by atoms with Crippen molar-refractivity contribution in [3.8, 4) is 11.4 Å². The topological polar surface area (TPSA) is 68.2 Å². The fraction of sp³-hybridized carbons (Fsp3) is 0.385. The SMILES string of the molecule is CN1CC(c2ccc(-c3noc(CN)n3)cc2)C1. The number of likely N-dealkylation sites (tertiary alicyclic amines) is 1. The second-order valence-corrected chi connectivity index (χ2v) is 4.76. The first-order chi connectivity index (χ1) is 8.76. The summed E-state index contributed by atoms with van der Waals surface area (Å²) in [4.78, 5) is 6.52. The van der Waals surface area contributed by atoms with Crippen LogP contribution in [0, 0.1) is 0 Å². The third-order valence-corrected chi connectivity index (χ3v) is 3.35. The van der Waals surface area contributed by atoms with Crippen molar-refractivity contribution in [2.75, 3.05) is 20.1 Å². The Kier molecular flexibility index (Phi) is 2.85. The Morgan fingerprint density at radius 3 is 2.61 bits per heavy atom. The zero-order chi connectivity index (χ0) is 12.5. The predicted octanol–water partition coefficient (Wildman–Crippen LogP) is 1.22. The largest absolute Gasteiger partial charge is 0.338 e. The average Bonchev–Trinajstić information content (AvgIpc) is 2.84. The van der Waals surface area contributed by atoms with Crippen LogP contribution in [0.1, 0.15) is 17.4 Å². The van der Waals surface area contributed by atoms with Gasteiger partial charge in [-0.05, 0) is 12.6 Å². The molecule has 1 fully saturated rings. The second kappa shape index (κ2) is 4.51. The molecule has 2 N–H and O–H groups in total. The standard InChI is InChI=1S/C13H16N4O/c1-17-7-11(8-17)9-2-4-10(5-3-9)13-15-12(6-14)18-16-13/h2-5,11H,6-8,14H2,1H3. The van der Waals surface area contributed by atoms with E-state index in [1.807, 2.05) is 12.1 Å². The summed E-state index contributed by atoms with van der Waals surface area (Å²) >= 11 is 0. The number of hydrogen-bond donors (Lipinski definition) is 1. The van der Waals surface area contributed by atoms with Crippen LogP contribution in [0.2, 0.25) is 0 Å². The van der Waals surface area contributed by atoms with Crippen LogP contribution in [0.3, 0.4) is 0 Å². The van der Waals surface area contributed by atoms with Gasteiger partial charge in [0.05, 0.1) is 6.54 Å². The van der Waals surface area contributed by atoms with Gasteiger partial charge in [0.1, 0.15) is 0 Å². The zero-order valence-electron chi connectivity index (χ0n) is 10.3. The van der Waals surface area contributed by atoms with Gasteiger partial charge in [-0.2, -0.15) is 4.98 Å². The highest BCUT2D eigenvalue weighted by Gasteiger charge is 2.24. The molecule has 0 bridgehead atoms. The fourth-order valence-electron chi connectivity index (χ4n) is 2.27. The summed E-state index contributed by atoms with van der Waals surface area (Å²) in [6, 6.07) is 8.37. The van der Waals surface area contributed by atoms with Crippen molar-refractivity contribution in [2.24, 2.45) is 5.73 Å². The van der Waals surface area contributed by atoms with Crippen LogP contribution in [0.15, 0.2) is 28.8 Å². The Hall–Kier alpha value is -1.72. The van der Waals surface area contributed by atoms with Crippen LogP contribution in [0.25, 0.3) is 11.4 Å². The normalized spacial score (nSPS) is 16.8. The van der Waals surface area contributed by atoms with Crippen LogP contribution in [-0.4, -0.2) is 35.2 Å². The molecule has 0 aliphatic carbocycles. The summed E-state index contributed by atoms with van der Waals surface area (Å²) in [7, 11) is 2.14. The monoisotopic (exact) mass is 244 g/mol. The summed E-state index contributed by atoms with van der Waals surface area (Å²) < 4.78 is 5.00. The van der Waals surface area contributed by atoms with E-state index in [9.17, 15) is 0 Å². The average molecular weight is 244 g/mol. The van der Waals surface area contributed by atoms with Crippen molar-refractivity contribution in [3.05, 3.63) is 35.7 Å². The third-order valence-electron chi connectivity index (χ3n) is 3.35. The maximum Gasteiger partial charge on any atom is 0.240 e. The molecule has 2 heterocycles. The third kappa shape index (κ3) is 2.02. The highest BCUT2D eigenvalue weighted by atomic mass is 16.5. The summed E-state index contributed by atoms with van der Waals surface area (Å²) in [6.07, 6.45) is 0. The molecule has 0 saturated carbocycles. The first-order valence-corrected chi connectivity index (χ1v) is 6.08. The minimum absolute atomic E-state index is 0.277. The summed E-state index contributed by atoms with van der Waals surface area (Å²) in [5.41, 5.74) is 7.78. The summed E-state index contributed by atoms with van der Waals surface area (Å²) in [6.45, 7) is 2.55. The molecule has 5 heteroatoms. The Morgan fingerprint density at radius 1 is 1.33 bits per heavy atom. The summed E-state index contributed by atoms with van der Waals surface area (Å²) in [5, 5.41) is 3.90. The molecule has 1 aliphatic rings. The molecule has 2 aromatic rings. The van der Waals surface area contributed by atoms with Crippen molar-refractivity contribution in [2.45, 2.75) is 12.5 Å². The molecule has 1 aliphatic heterocycles. The van der Waals surface area contributed by atoms with Crippen LogP contribution >= 0.6 is 0 Å². The fourth-order valence-corrected chi connectivity index (χ4v) is 2.27. The van der Waals surface area contributed by atoms with Gasteiger partial charge in [0.2, 0.25) is 11.7 Å². The zero-order valence-corrected chi connectivity index (χ0v) is 10.3. The molecule has 0 atom stereocenters. The van der Waals surface area contributed by atoms with Gasteiger partial charge in [0.25, 0.3) is 0 Å². The van der Waals surface area contributed by atoms with E-state index in [1.165, 1.54) is 5.56 Å². The lowest BCUT2D eigenvalue weighted by Crippen LogP contribution is -2.41. The highest BCUT2D eigenvalue weighted by Crippen LogP contribution is 2.27. The number of nitrogens with two attached hydrogens (primary N) is 1.